The minimum absolute atomic E-state index is 0.00946. The quantitative estimate of drug-likeness (QED) is 0.662. The molecular weight excluding hydrogens is 406 g/mol. The molecule has 2 heterocycles. The lowest BCUT2D eigenvalue weighted by atomic mass is 10.0. The Balaban J connectivity index is 1.52. The van der Waals surface area contributed by atoms with Gasteiger partial charge in [0.2, 0.25) is 10.0 Å². The Morgan fingerprint density at radius 2 is 1.79 bits per heavy atom. The van der Waals surface area contributed by atoms with E-state index >= 15 is 0 Å². The fourth-order valence-corrected chi connectivity index (χ4v) is 6.50. The number of carbonyl (C=O) groups excluding carboxylic acids is 1. The average molecular weight is 430 g/mol. The number of benzene rings is 2. The average Bonchev–Trinajstić information content (AvgIpc) is 3.16. The highest BCUT2D eigenvalue weighted by Crippen LogP contribution is 2.30. The van der Waals surface area contributed by atoms with Crippen molar-refractivity contribution in [1.82, 2.24) is 9.29 Å². The highest BCUT2D eigenvalue weighted by Gasteiger charge is 2.35. The minimum Gasteiger partial charge on any atom is -0.322 e. The van der Waals surface area contributed by atoms with E-state index in [1.54, 1.807) is 46.2 Å². The van der Waals surface area contributed by atoms with Crippen LogP contribution < -0.4 is 5.32 Å². The lowest BCUT2D eigenvalue weighted by Gasteiger charge is -2.37. The van der Waals surface area contributed by atoms with Crippen molar-refractivity contribution in [2.24, 2.45) is 0 Å². The molecule has 2 aromatic carbocycles. The van der Waals surface area contributed by atoms with Crippen LogP contribution in [0.2, 0.25) is 0 Å². The largest absolute Gasteiger partial charge is 0.322 e. The molecule has 4 rings (SSSR count). The van der Waals surface area contributed by atoms with Crippen LogP contribution in [0.5, 0.6) is 0 Å². The SMILES string of the molecule is CC1CCCC(C)N1S(=O)(=O)c1ccc(NC(=O)c2ccc3ncsc3c2)cc1. The molecule has 1 aliphatic rings. The second kappa shape index (κ2) is 7.85. The number of nitrogens with zero attached hydrogens (tertiary/aromatic N) is 2. The van der Waals surface area contributed by atoms with Crippen molar-refractivity contribution >= 4 is 43.2 Å². The molecule has 3 aromatic rings. The number of thiazole rings is 1. The van der Waals surface area contributed by atoms with Gasteiger partial charge in [0.1, 0.15) is 0 Å². The topological polar surface area (TPSA) is 79.4 Å². The monoisotopic (exact) mass is 429 g/mol. The highest BCUT2D eigenvalue weighted by atomic mass is 32.2. The number of amides is 1. The van der Waals surface area contributed by atoms with Crippen molar-refractivity contribution in [3.05, 3.63) is 53.5 Å². The number of aromatic nitrogens is 1. The van der Waals surface area contributed by atoms with Crippen LogP contribution in [-0.2, 0) is 10.0 Å². The molecule has 0 spiro atoms. The zero-order valence-corrected chi connectivity index (χ0v) is 18.0. The van der Waals surface area contributed by atoms with Gasteiger partial charge in [-0.15, -0.1) is 11.3 Å². The Morgan fingerprint density at radius 3 is 2.48 bits per heavy atom. The first kappa shape index (κ1) is 20.0. The van der Waals surface area contributed by atoms with Gasteiger partial charge in [-0.05, 0) is 69.2 Å². The smallest absolute Gasteiger partial charge is 0.255 e. The summed E-state index contributed by atoms with van der Waals surface area (Å²) in [7, 11) is -3.56. The van der Waals surface area contributed by atoms with Crippen LogP contribution >= 0.6 is 11.3 Å². The number of hydrogen-bond donors (Lipinski definition) is 1. The fourth-order valence-electron chi connectivity index (χ4n) is 3.90. The predicted octanol–water partition coefficient (Wildman–Crippen LogP) is 4.50. The number of rotatable bonds is 4. The van der Waals surface area contributed by atoms with Gasteiger partial charge < -0.3 is 5.32 Å². The van der Waals surface area contributed by atoms with Crippen molar-refractivity contribution in [3.63, 3.8) is 0 Å². The molecule has 1 aromatic heterocycles. The first-order chi connectivity index (χ1) is 13.9. The summed E-state index contributed by atoms with van der Waals surface area (Å²) in [6.07, 6.45) is 2.80. The first-order valence-electron chi connectivity index (χ1n) is 9.64. The second-order valence-corrected chi connectivity index (χ2v) is 10.2. The number of nitrogens with one attached hydrogen (secondary N) is 1. The minimum atomic E-state index is -3.56. The fraction of sp³-hybridized carbons (Fsp3) is 0.333. The van der Waals surface area contributed by atoms with Gasteiger partial charge in [-0.3, -0.25) is 4.79 Å². The zero-order valence-electron chi connectivity index (χ0n) is 16.3. The number of fused-ring (bicyclic) bond motifs is 1. The third-order valence-corrected chi connectivity index (χ3v) is 8.33. The van der Waals surface area contributed by atoms with Crippen LogP contribution in [0.3, 0.4) is 0 Å². The Hall–Kier alpha value is -2.29. The van der Waals surface area contributed by atoms with E-state index in [2.05, 4.69) is 10.3 Å². The molecule has 0 radical (unpaired) electrons. The molecule has 1 N–H and O–H groups in total. The maximum Gasteiger partial charge on any atom is 0.255 e. The van der Waals surface area contributed by atoms with Gasteiger partial charge in [0.15, 0.2) is 0 Å². The van der Waals surface area contributed by atoms with Crippen LogP contribution in [0.25, 0.3) is 10.2 Å². The standard InChI is InChI=1S/C21H23N3O3S2/c1-14-4-3-5-15(2)24(14)29(26,27)18-9-7-17(8-10-18)23-21(25)16-6-11-19-20(12-16)28-13-22-19/h6-15H,3-5H2,1-2H3,(H,23,25). The Morgan fingerprint density at radius 1 is 1.10 bits per heavy atom. The summed E-state index contributed by atoms with van der Waals surface area (Å²) in [5.41, 5.74) is 3.70. The summed E-state index contributed by atoms with van der Waals surface area (Å²) >= 11 is 1.48. The first-order valence-corrected chi connectivity index (χ1v) is 12.0. The van der Waals surface area contributed by atoms with Crippen LogP contribution in [-0.4, -0.2) is 35.7 Å². The molecule has 1 fully saturated rings. The van der Waals surface area contributed by atoms with E-state index in [9.17, 15) is 13.2 Å². The zero-order chi connectivity index (χ0) is 20.6. The molecule has 0 aliphatic carbocycles. The molecule has 0 bridgehead atoms. The number of hydrogen-bond acceptors (Lipinski definition) is 5. The van der Waals surface area contributed by atoms with Gasteiger partial charge in [0, 0.05) is 23.3 Å². The molecule has 2 atom stereocenters. The summed E-state index contributed by atoms with van der Waals surface area (Å²) in [6, 6.07) is 11.7. The van der Waals surface area contributed by atoms with E-state index in [1.807, 2.05) is 19.9 Å². The molecular formula is C21H23N3O3S2. The molecule has 0 saturated carbocycles. The lowest BCUT2D eigenvalue weighted by molar-refractivity contribution is 0.102. The number of sulfonamides is 1. The molecule has 1 amide bonds. The maximum atomic E-state index is 13.1. The molecule has 29 heavy (non-hydrogen) atoms. The highest BCUT2D eigenvalue weighted by molar-refractivity contribution is 7.89. The van der Waals surface area contributed by atoms with Gasteiger partial charge in [-0.2, -0.15) is 4.31 Å². The Kier molecular flexibility index (Phi) is 5.42. The van der Waals surface area contributed by atoms with E-state index in [-0.39, 0.29) is 22.9 Å². The molecule has 1 saturated heterocycles. The second-order valence-electron chi connectivity index (χ2n) is 7.48. The Labute approximate surface area is 174 Å². The normalized spacial score (nSPS) is 20.6. The van der Waals surface area contributed by atoms with Crippen LogP contribution in [0.15, 0.2) is 52.9 Å². The van der Waals surface area contributed by atoms with Gasteiger partial charge in [0.25, 0.3) is 5.91 Å². The summed E-state index contributed by atoms with van der Waals surface area (Å²) in [4.78, 5) is 17.0. The number of carbonyl (C=O) groups is 1. The summed E-state index contributed by atoms with van der Waals surface area (Å²) in [6.45, 7) is 3.92. The van der Waals surface area contributed by atoms with E-state index in [0.717, 1.165) is 29.5 Å². The third kappa shape index (κ3) is 3.92. The number of piperidine rings is 1. The van der Waals surface area contributed by atoms with Crippen molar-refractivity contribution in [2.75, 3.05) is 5.32 Å². The van der Waals surface area contributed by atoms with Crippen LogP contribution in [0.1, 0.15) is 43.5 Å². The summed E-state index contributed by atoms with van der Waals surface area (Å²) in [5.74, 6) is -0.241. The van der Waals surface area contributed by atoms with E-state index in [4.69, 9.17) is 0 Å². The number of anilines is 1. The molecule has 2 unspecified atom stereocenters. The van der Waals surface area contributed by atoms with Crippen molar-refractivity contribution in [2.45, 2.75) is 50.1 Å². The van der Waals surface area contributed by atoms with Crippen molar-refractivity contribution in [3.8, 4) is 0 Å². The predicted molar refractivity (Wildman–Crippen MR) is 116 cm³/mol. The molecule has 1 aliphatic heterocycles. The van der Waals surface area contributed by atoms with E-state index in [1.165, 1.54) is 11.3 Å². The van der Waals surface area contributed by atoms with E-state index < -0.39 is 10.0 Å². The molecule has 152 valence electrons. The molecule has 8 heteroatoms. The van der Waals surface area contributed by atoms with Gasteiger partial charge >= 0.3 is 0 Å². The Bertz CT molecular complexity index is 1130. The third-order valence-electron chi connectivity index (χ3n) is 5.39. The summed E-state index contributed by atoms with van der Waals surface area (Å²) in [5, 5.41) is 2.83. The van der Waals surface area contributed by atoms with Gasteiger partial charge in [-0.1, -0.05) is 6.42 Å². The van der Waals surface area contributed by atoms with Crippen molar-refractivity contribution in [1.29, 1.82) is 0 Å². The van der Waals surface area contributed by atoms with Crippen molar-refractivity contribution < 1.29 is 13.2 Å². The maximum absolute atomic E-state index is 13.1. The summed E-state index contributed by atoms with van der Waals surface area (Å²) < 4.78 is 28.8. The molecule has 6 nitrogen and oxygen atoms in total. The van der Waals surface area contributed by atoms with Crippen LogP contribution in [0.4, 0.5) is 5.69 Å². The van der Waals surface area contributed by atoms with Crippen LogP contribution in [0, 0.1) is 0 Å². The van der Waals surface area contributed by atoms with E-state index in [0.29, 0.717) is 11.3 Å². The van der Waals surface area contributed by atoms with Gasteiger partial charge in [0.05, 0.1) is 20.6 Å². The lowest BCUT2D eigenvalue weighted by Crippen LogP contribution is -2.47. The van der Waals surface area contributed by atoms with Gasteiger partial charge in [-0.25, -0.2) is 13.4 Å².